The summed E-state index contributed by atoms with van der Waals surface area (Å²) < 4.78 is 10.8. The lowest BCUT2D eigenvalue weighted by atomic mass is 9.90. The zero-order valence-corrected chi connectivity index (χ0v) is 12.4. The van der Waals surface area contributed by atoms with E-state index in [2.05, 4.69) is 0 Å². The molecule has 2 aliphatic rings. The van der Waals surface area contributed by atoms with Crippen molar-refractivity contribution in [2.45, 2.75) is 51.1 Å². The van der Waals surface area contributed by atoms with Crippen LogP contribution in [0.3, 0.4) is 0 Å². The van der Waals surface area contributed by atoms with Gasteiger partial charge in [-0.25, -0.2) is 9.59 Å². The van der Waals surface area contributed by atoms with Gasteiger partial charge in [-0.1, -0.05) is 6.07 Å². The summed E-state index contributed by atoms with van der Waals surface area (Å²) in [7, 11) is 0. The molecule has 0 aromatic heterocycles. The second-order valence-electron chi connectivity index (χ2n) is 5.90. The van der Waals surface area contributed by atoms with Gasteiger partial charge in [0.05, 0.1) is 35.5 Å². The third-order valence-corrected chi connectivity index (χ3v) is 4.35. The summed E-state index contributed by atoms with van der Waals surface area (Å²) in [6.45, 7) is 3.87. The van der Waals surface area contributed by atoms with Gasteiger partial charge in [0.2, 0.25) is 0 Å². The standard InChI is InChI=1S/C16H18O6/c1-7-12(21-7)5-9-3-4-10(15(17)18)14(16(19)20)11(9)6-13-8(2)22-13/h3-4,7-8,12-13H,5-6H2,1-2H3,(H,17,18)(H,19,20). The molecule has 6 heteroatoms. The van der Waals surface area contributed by atoms with Crippen molar-refractivity contribution in [3.8, 4) is 0 Å². The normalized spacial score (nSPS) is 29.2. The molecule has 6 nitrogen and oxygen atoms in total. The summed E-state index contributed by atoms with van der Waals surface area (Å²) in [5.74, 6) is -2.45. The van der Waals surface area contributed by atoms with Crippen LogP contribution in [-0.4, -0.2) is 46.6 Å². The molecular formula is C16H18O6. The van der Waals surface area contributed by atoms with Crippen molar-refractivity contribution < 1.29 is 29.3 Å². The average Bonchev–Trinajstić information content (AvgIpc) is 3.31. The number of ether oxygens (including phenoxy) is 2. The smallest absolute Gasteiger partial charge is 0.336 e. The molecule has 4 unspecified atom stereocenters. The highest BCUT2D eigenvalue weighted by Crippen LogP contribution is 2.33. The highest BCUT2D eigenvalue weighted by atomic mass is 16.6. The summed E-state index contributed by atoms with van der Waals surface area (Å²) in [4.78, 5) is 22.9. The Morgan fingerprint density at radius 3 is 2.00 bits per heavy atom. The Balaban J connectivity index is 2.02. The zero-order chi connectivity index (χ0) is 16.0. The molecular weight excluding hydrogens is 288 g/mol. The van der Waals surface area contributed by atoms with E-state index < -0.39 is 11.9 Å². The summed E-state index contributed by atoms with van der Waals surface area (Å²) in [5, 5.41) is 18.7. The van der Waals surface area contributed by atoms with Gasteiger partial charge < -0.3 is 19.7 Å². The maximum Gasteiger partial charge on any atom is 0.336 e. The third-order valence-electron chi connectivity index (χ3n) is 4.35. The van der Waals surface area contributed by atoms with Crippen molar-refractivity contribution in [1.82, 2.24) is 0 Å². The minimum Gasteiger partial charge on any atom is -0.478 e. The second-order valence-corrected chi connectivity index (χ2v) is 5.90. The predicted octanol–water partition coefficient (Wildman–Crippen LogP) is 1.74. The van der Waals surface area contributed by atoms with Crippen molar-refractivity contribution in [3.05, 3.63) is 34.4 Å². The lowest BCUT2D eigenvalue weighted by Crippen LogP contribution is -2.16. The van der Waals surface area contributed by atoms with E-state index in [1.54, 1.807) is 6.07 Å². The van der Waals surface area contributed by atoms with E-state index in [0.29, 0.717) is 18.4 Å². The van der Waals surface area contributed by atoms with E-state index in [1.807, 2.05) is 13.8 Å². The first kappa shape index (κ1) is 15.0. The second kappa shape index (κ2) is 5.37. The van der Waals surface area contributed by atoms with Crippen LogP contribution in [-0.2, 0) is 22.3 Å². The molecule has 0 spiro atoms. The minimum atomic E-state index is -1.23. The van der Waals surface area contributed by atoms with Gasteiger partial charge in [0.15, 0.2) is 0 Å². The number of aromatic carboxylic acids is 2. The Morgan fingerprint density at radius 1 is 1.00 bits per heavy atom. The van der Waals surface area contributed by atoms with Crippen molar-refractivity contribution in [3.63, 3.8) is 0 Å². The molecule has 22 heavy (non-hydrogen) atoms. The molecule has 1 aromatic carbocycles. The van der Waals surface area contributed by atoms with Gasteiger partial charge in [-0.15, -0.1) is 0 Å². The van der Waals surface area contributed by atoms with E-state index >= 15 is 0 Å². The number of carboxylic acids is 2. The molecule has 4 atom stereocenters. The van der Waals surface area contributed by atoms with E-state index in [-0.39, 0.29) is 35.5 Å². The molecule has 2 heterocycles. The average molecular weight is 306 g/mol. The van der Waals surface area contributed by atoms with Crippen molar-refractivity contribution in [2.24, 2.45) is 0 Å². The van der Waals surface area contributed by atoms with Crippen LogP contribution in [0.15, 0.2) is 12.1 Å². The van der Waals surface area contributed by atoms with Crippen LogP contribution >= 0.6 is 0 Å². The summed E-state index contributed by atoms with van der Waals surface area (Å²) >= 11 is 0. The van der Waals surface area contributed by atoms with Crippen molar-refractivity contribution in [2.75, 3.05) is 0 Å². The molecule has 0 saturated carbocycles. The van der Waals surface area contributed by atoms with Crippen LogP contribution in [0.5, 0.6) is 0 Å². The van der Waals surface area contributed by atoms with Crippen LogP contribution in [0.4, 0.5) is 0 Å². The fourth-order valence-electron chi connectivity index (χ4n) is 2.84. The fraction of sp³-hybridized carbons (Fsp3) is 0.500. The SMILES string of the molecule is CC1OC1Cc1ccc(C(=O)O)c(C(=O)O)c1CC1OC1C. The van der Waals surface area contributed by atoms with Gasteiger partial charge in [0.1, 0.15) is 0 Å². The number of carboxylic acid groups (broad SMARTS) is 2. The lowest BCUT2D eigenvalue weighted by molar-refractivity contribution is 0.0650. The van der Waals surface area contributed by atoms with Gasteiger partial charge in [0.25, 0.3) is 0 Å². The monoisotopic (exact) mass is 306 g/mol. The lowest BCUT2D eigenvalue weighted by Gasteiger charge is -2.14. The van der Waals surface area contributed by atoms with Crippen molar-refractivity contribution in [1.29, 1.82) is 0 Å². The van der Waals surface area contributed by atoms with Crippen LogP contribution in [0, 0.1) is 0 Å². The number of rotatable bonds is 6. The van der Waals surface area contributed by atoms with Crippen LogP contribution < -0.4 is 0 Å². The maximum atomic E-state index is 11.6. The molecule has 118 valence electrons. The summed E-state index contributed by atoms with van der Waals surface area (Å²) in [6.07, 6.45) is 1.29. The Morgan fingerprint density at radius 2 is 1.55 bits per heavy atom. The molecule has 2 aliphatic heterocycles. The number of hydrogen-bond acceptors (Lipinski definition) is 4. The quantitative estimate of drug-likeness (QED) is 0.777. The number of benzene rings is 1. The zero-order valence-electron chi connectivity index (χ0n) is 12.4. The van der Waals surface area contributed by atoms with Gasteiger partial charge in [-0.2, -0.15) is 0 Å². The largest absolute Gasteiger partial charge is 0.478 e. The Labute approximate surface area is 127 Å². The summed E-state index contributed by atoms with van der Waals surface area (Å²) in [5.41, 5.74) is 1.09. The maximum absolute atomic E-state index is 11.6. The first-order valence-electron chi connectivity index (χ1n) is 7.30. The number of hydrogen-bond donors (Lipinski definition) is 2. The number of epoxide rings is 2. The van der Waals surface area contributed by atoms with Crippen LogP contribution in [0.25, 0.3) is 0 Å². The first-order valence-corrected chi connectivity index (χ1v) is 7.30. The van der Waals surface area contributed by atoms with Crippen LogP contribution in [0.1, 0.15) is 45.7 Å². The molecule has 0 aliphatic carbocycles. The van der Waals surface area contributed by atoms with Gasteiger partial charge in [-0.05, 0) is 31.0 Å². The highest BCUT2D eigenvalue weighted by molar-refractivity contribution is 6.03. The van der Waals surface area contributed by atoms with Crippen molar-refractivity contribution >= 4 is 11.9 Å². The third kappa shape index (κ3) is 2.84. The molecule has 1 aromatic rings. The Bertz CT molecular complexity index is 638. The topological polar surface area (TPSA) is 99.7 Å². The first-order chi connectivity index (χ1) is 10.4. The molecule has 0 bridgehead atoms. The van der Waals surface area contributed by atoms with E-state index in [4.69, 9.17) is 9.47 Å². The molecule has 3 rings (SSSR count). The number of carbonyl (C=O) groups is 2. The Kier molecular flexibility index (Phi) is 3.66. The van der Waals surface area contributed by atoms with E-state index in [0.717, 1.165) is 5.56 Å². The minimum absolute atomic E-state index is 0.0431. The van der Waals surface area contributed by atoms with Gasteiger partial charge >= 0.3 is 11.9 Å². The molecule has 2 fully saturated rings. The molecule has 2 saturated heterocycles. The Hall–Kier alpha value is -1.92. The van der Waals surface area contributed by atoms with Crippen LogP contribution in [0.2, 0.25) is 0 Å². The molecule has 2 N–H and O–H groups in total. The van der Waals surface area contributed by atoms with Gasteiger partial charge in [-0.3, -0.25) is 0 Å². The fourth-order valence-corrected chi connectivity index (χ4v) is 2.84. The molecule has 0 amide bonds. The highest BCUT2D eigenvalue weighted by Gasteiger charge is 2.39. The molecule has 0 radical (unpaired) electrons. The predicted molar refractivity (Wildman–Crippen MR) is 76.4 cm³/mol. The summed E-state index contributed by atoms with van der Waals surface area (Å²) in [6, 6.07) is 3.07. The van der Waals surface area contributed by atoms with E-state index in [9.17, 15) is 19.8 Å². The van der Waals surface area contributed by atoms with E-state index in [1.165, 1.54) is 6.07 Å². The van der Waals surface area contributed by atoms with Gasteiger partial charge in [0, 0.05) is 12.8 Å².